The van der Waals surface area contributed by atoms with Crippen molar-refractivity contribution in [3.63, 3.8) is 0 Å². The van der Waals surface area contributed by atoms with E-state index >= 15 is 0 Å². The van der Waals surface area contributed by atoms with Gasteiger partial charge in [0.2, 0.25) is 0 Å². The standard InChI is InChI=1S/C22H18N2O5/c1-2-10-24-20(26)16-8-7-15(12-17(16)21(24)27)22(28)29-13-19(25)23-11-9-14-5-3-4-6-18(14)23/h2-8,12H,1,9-11,13H2. The largest absolute Gasteiger partial charge is 0.452 e. The molecule has 4 rings (SSSR count). The number of fused-ring (bicyclic) bond motifs is 2. The van der Waals surface area contributed by atoms with E-state index in [1.165, 1.54) is 24.3 Å². The Labute approximate surface area is 167 Å². The molecular formula is C22H18N2O5. The highest BCUT2D eigenvalue weighted by Gasteiger charge is 2.35. The average Bonchev–Trinajstić information content (AvgIpc) is 3.27. The van der Waals surface area contributed by atoms with Gasteiger partial charge in [-0.1, -0.05) is 24.3 Å². The summed E-state index contributed by atoms with van der Waals surface area (Å²) in [7, 11) is 0. The van der Waals surface area contributed by atoms with Crippen molar-refractivity contribution in [2.45, 2.75) is 6.42 Å². The SMILES string of the molecule is C=CCN1C(=O)c2ccc(C(=O)OCC(=O)N3CCc4ccccc43)cc2C1=O. The van der Waals surface area contributed by atoms with Gasteiger partial charge < -0.3 is 9.64 Å². The van der Waals surface area contributed by atoms with Crippen molar-refractivity contribution in [3.05, 3.63) is 77.4 Å². The number of esters is 1. The molecule has 0 fully saturated rings. The van der Waals surface area contributed by atoms with E-state index in [0.717, 1.165) is 22.6 Å². The molecule has 0 bridgehead atoms. The van der Waals surface area contributed by atoms with Crippen molar-refractivity contribution in [1.29, 1.82) is 0 Å². The van der Waals surface area contributed by atoms with E-state index in [9.17, 15) is 19.2 Å². The van der Waals surface area contributed by atoms with Crippen LogP contribution in [-0.2, 0) is 16.0 Å². The summed E-state index contributed by atoms with van der Waals surface area (Å²) < 4.78 is 5.16. The van der Waals surface area contributed by atoms with Gasteiger partial charge in [-0.2, -0.15) is 0 Å². The van der Waals surface area contributed by atoms with Gasteiger partial charge in [-0.25, -0.2) is 4.79 Å². The molecule has 0 radical (unpaired) electrons. The molecule has 2 aliphatic heterocycles. The van der Waals surface area contributed by atoms with E-state index in [-0.39, 0.29) is 29.1 Å². The molecule has 3 amide bonds. The molecule has 2 aliphatic rings. The topological polar surface area (TPSA) is 84.0 Å². The van der Waals surface area contributed by atoms with E-state index in [0.29, 0.717) is 6.54 Å². The normalized spacial score (nSPS) is 14.6. The first-order chi connectivity index (χ1) is 14.0. The predicted octanol–water partition coefficient (Wildman–Crippen LogP) is 2.21. The molecule has 2 heterocycles. The second kappa shape index (κ2) is 7.35. The van der Waals surface area contributed by atoms with Crippen LogP contribution in [0.15, 0.2) is 55.1 Å². The fraction of sp³-hybridized carbons (Fsp3) is 0.182. The second-order valence-electron chi connectivity index (χ2n) is 6.77. The number of nitrogens with zero attached hydrogens (tertiary/aromatic N) is 2. The summed E-state index contributed by atoms with van der Waals surface area (Å²) in [6.07, 6.45) is 2.22. The molecule has 0 aromatic heterocycles. The lowest BCUT2D eigenvalue weighted by Gasteiger charge is -2.17. The number of imide groups is 1. The van der Waals surface area contributed by atoms with E-state index < -0.39 is 24.4 Å². The molecule has 0 aliphatic carbocycles. The molecule has 2 aromatic rings. The summed E-state index contributed by atoms with van der Waals surface area (Å²) in [6, 6.07) is 11.8. The first kappa shape index (κ1) is 18.6. The molecule has 0 saturated heterocycles. The minimum atomic E-state index is -0.726. The number of hydrogen-bond donors (Lipinski definition) is 0. The first-order valence-corrected chi connectivity index (χ1v) is 9.18. The van der Waals surface area contributed by atoms with Gasteiger partial charge in [0.25, 0.3) is 17.7 Å². The van der Waals surface area contributed by atoms with Gasteiger partial charge in [0.05, 0.1) is 16.7 Å². The maximum Gasteiger partial charge on any atom is 0.338 e. The van der Waals surface area contributed by atoms with Crippen LogP contribution in [0.1, 0.15) is 36.6 Å². The van der Waals surface area contributed by atoms with Gasteiger partial charge in [0.1, 0.15) is 0 Å². The van der Waals surface area contributed by atoms with Crippen LogP contribution in [-0.4, -0.2) is 48.3 Å². The van der Waals surface area contributed by atoms with Gasteiger partial charge >= 0.3 is 5.97 Å². The highest BCUT2D eigenvalue weighted by atomic mass is 16.5. The summed E-state index contributed by atoms with van der Waals surface area (Å²) >= 11 is 0. The molecule has 0 N–H and O–H groups in total. The maximum atomic E-state index is 12.5. The lowest BCUT2D eigenvalue weighted by atomic mass is 10.1. The summed E-state index contributed by atoms with van der Waals surface area (Å²) in [4.78, 5) is 52.1. The zero-order valence-electron chi connectivity index (χ0n) is 15.6. The third kappa shape index (κ3) is 3.20. The van der Waals surface area contributed by atoms with Crippen LogP contribution >= 0.6 is 0 Å². The molecule has 7 nitrogen and oxygen atoms in total. The number of carbonyl (C=O) groups is 4. The second-order valence-corrected chi connectivity index (χ2v) is 6.77. The Kier molecular flexibility index (Phi) is 4.72. The van der Waals surface area contributed by atoms with Crippen molar-refractivity contribution in [2.24, 2.45) is 0 Å². The third-order valence-electron chi connectivity index (χ3n) is 5.03. The molecule has 0 saturated carbocycles. The number of benzene rings is 2. The highest BCUT2D eigenvalue weighted by molar-refractivity contribution is 6.22. The Morgan fingerprint density at radius 2 is 1.83 bits per heavy atom. The summed E-state index contributed by atoms with van der Waals surface area (Å²) in [5.74, 6) is -1.94. The van der Waals surface area contributed by atoms with Crippen molar-refractivity contribution in [1.82, 2.24) is 4.90 Å². The van der Waals surface area contributed by atoms with Crippen LogP contribution in [0.4, 0.5) is 5.69 Å². The molecule has 0 spiro atoms. The van der Waals surface area contributed by atoms with Crippen molar-refractivity contribution < 1.29 is 23.9 Å². The Bertz CT molecular complexity index is 1060. The molecule has 7 heteroatoms. The number of anilines is 1. The number of rotatable bonds is 5. The molecule has 0 unspecified atom stereocenters. The molecule has 29 heavy (non-hydrogen) atoms. The number of carbonyl (C=O) groups excluding carboxylic acids is 4. The van der Waals surface area contributed by atoms with Gasteiger partial charge in [-0.15, -0.1) is 6.58 Å². The fourth-order valence-corrected chi connectivity index (χ4v) is 3.60. The first-order valence-electron chi connectivity index (χ1n) is 9.18. The minimum absolute atomic E-state index is 0.0952. The summed E-state index contributed by atoms with van der Waals surface area (Å²) in [5, 5.41) is 0. The van der Waals surface area contributed by atoms with Crippen LogP contribution < -0.4 is 4.90 Å². The Morgan fingerprint density at radius 3 is 2.62 bits per heavy atom. The minimum Gasteiger partial charge on any atom is -0.452 e. The maximum absolute atomic E-state index is 12.5. The van der Waals surface area contributed by atoms with E-state index in [2.05, 4.69) is 6.58 Å². The molecule has 2 aromatic carbocycles. The Hall–Kier alpha value is -3.74. The van der Waals surface area contributed by atoms with E-state index in [1.54, 1.807) is 4.90 Å². The zero-order chi connectivity index (χ0) is 20.5. The zero-order valence-corrected chi connectivity index (χ0v) is 15.6. The van der Waals surface area contributed by atoms with Crippen LogP contribution in [0.5, 0.6) is 0 Å². The van der Waals surface area contributed by atoms with Gasteiger partial charge in [0.15, 0.2) is 6.61 Å². The highest BCUT2D eigenvalue weighted by Crippen LogP contribution is 2.27. The van der Waals surface area contributed by atoms with Crippen molar-refractivity contribution >= 4 is 29.4 Å². The number of para-hydroxylation sites is 1. The molecule has 146 valence electrons. The fourth-order valence-electron chi connectivity index (χ4n) is 3.60. The van der Waals surface area contributed by atoms with Gasteiger partial charge in [0, 0.05) is 18.8 Å². The van der Waals surface area contributed by atoms with Crippen LogP contribution in [0.2, 0.25) is 0 Å². The van der Waals surface area contributed by atoms with Gasteiger partial charge in [-0.05, 0) is 36.2 Å². The number of ether oxygens (including phenoxy) is 1. The summed E-state index contributed by atoms with van der Waals surface area (Å²) in [5.41, 5.74) is 2.40. The third-order valence-corrected chi connectivity index (χ3v) is 5.03. The predicted molar refractivity (Wildman–Crippen MR) is 105 cm³/mol. The summed E-state index contributed by atoms with van der Waals surface area (Å²) in [6.45, 7) is 3.77. The van der Waals surface area contributed by atoms with Crippen LogP contribution in [0, 0.1) is 0 Å². The quantitative estimate of drug-likeness (QED) is 0.444. The van der Waals surface area contributed by atoms with Gasteiger partial charge in [-0.3, -0.25) is 19.3 Å². The molecule has 0 atom stereocenters. The lowest BCUT2D eigenvalue weighted by molar-refractivity contribution is -0.121. The van der Waals surface area contributed by atoms with Crippen LogP contribution in [0.3, 0.4) is 0 Å². The Balaban J connectivity index is 1.44. The Morgan fingerprint density at radius 1 is 1.07 bits per heavy atom. The van der Waals surface area contributed by atoms with E-state index in [4.69, 9.17) is 4.74 Å². The molecular weight excluding hydrogens is 372 g/mol. The lowest BCUT2D eigenvalue weighted by Crippen LogP contribution is -2.33. The van der Waals surface area contributed by atoms with Crippen molar-refractivity contribution in [3.8, 4) is 0 Å². The number of amides is 3. The smallest absolute Gasteiger partial charge is 0.338 e. The van der Waals surface area contributed by atoms with Crippen molar-refractivity contribution in [2.75, 3.05) is 24.6 Å². The number of hydrogen-bond acceptors (Lipinski definition) is 5. The monoisotopic (exact) mass is 390 g/mol. The van der Waals surface area contributed by atoms with E-state index in [1.807, 2.05) is 24.3 Å². The van der Waals surface area contributed by atoms with Crippen LogP contribution in [0.25, 0.3) is 0 Å². The average molecular weight is 390 g/mol.